The van der Waals surface area contributed by atoms with Crippen molar-refractivity contribution in [2.75, 3.05) is 6.61 Å². The maximum Gasteiger partial charge on any atom is 0.320 e. The largest absolute Gasteiger partial charge is 0.480 e. The zero-order valence-corrected chi connectivity index (χ0v) is 6.87. The molecule has 0 spiro atoms. The zero-order valence-electron chi connectivity index (χ0n) is 6.87. The number of nitrogens with one attached hydrogen (secondary N) is 1. The maximum absolute atomic E-state index is 10.4. The molecule has 0 heterocycles. The van der Waals surface area contributed by atoms with Crippen molar-refractivity contribution in [3.8, 4) is 0 Å². The van der Waals surface area contributed by atoms with E-state index in [4.69, 9.17) is 10.2 Å². The number of carbonyl (C=O) groups is 1. The van der Waals surface area contributed by atoms with Gasteiger partial charge in [0.15, 0.2) is 0 Å². The summed E-state index contributed by atoms with van der Waals surface area (Å²) >= 11 is 0. The van der Waals surface area contributed by atoms with Crippen LogP contribution in [0.1, 0.15) is 20.3 Å². The molecule has 0 saturated heterocycles. The van der Waals surface area contributed by atoms with Gasteiger partial charge in [0.2, 0.25) is 0 Å². The van der Waals surface area contributed by atoms with E-state index in [1.165, 1.54) is 0 Å². The van der Waals surface area contributed by atoms with Crippen LogP contribution in [0.2, 0.25) is 0 Å². The van der Waals surface area contributed by atoms with Crippen molar-refractivity contribution in [3.05, 3.63) is 0 Å². The highest BCUT2D eigenvalue weighted by Crippen LogP contribution is 1.92. The molecule has 11 heavy (non-hydrogen) atoms. The molecule has 0 radical (unpaired) electrons. The molecule has 0 rings (SSSR count). The van der Waals surface area contributed by atoms with Crippen molar-refractivity contribution in [2.24, 2.45) is 0 Å². The summed E-state index contributed by atoms with van der Waals surface area (Å²) in [5.41, 5.74) is 0. The van der Waals surface area contributed by atoms with Gasteiger partial charge in [-0.05, 0) is 13.3 Å². The molecule has 0 aromatic rings. The molecule has 0 bridgehead atoms. The quantitative estimate of drug-likeness (QED) is 0.523. The second-order valence-corrected chi connectivity index (χ2v) is 2.55. The molecule has 4 heteroatoms. The van der Waals surface area contributed by atoms with Gasteiger partial charge in [-0.25, -0.2) is 0 Å². The normalized spacial score (nSPS) is 15.9. The Hall–Kier alpha value is -0.610. The molecule has 0 aliphatic carbocycles. The summed E-state index contributed by atoms with van der Waals surface area (Å²) in [5.74, 6) is -0.868. The summed E-state index contributed by atoms with van der Waals surface area (Å²) in [6.45, 7) is 3.49. The van der Waals surface area contributed by atoms with Gasteiger partial charge in [0.05, 0.1) is 6.61 Å². The van der Waals surface area contributed by atoms with E-state index in [1.807, 2.05) is 0 Å². The lowest BCUT2D eigenvalue weighted by Gasteiger charge is -2.16. The van der Waals surface area contributed by atoms with E-state index in [9.17, 15) is 4.79 Å². The Balaban J connectivity index is 3.77. The Labute approximate surface area is 66.2 Å². The van der Waals surface area contributed by atoms with Crippen LogP contribution >= 0.6 is 0 Å². The first-order valence-corrected chi connectivity index (χ1v) is 3.71. The van der Waals surface area contributed by atoms with Gasteiger partial charge >= 0.3 is 5.97 Å². The van der Waals surface area contributed by atoms with Gasteiger partial charge in [-0.3, -0.25) is 10.1 Å². The van der Waals surface area contributed by atoms with E-state index in [0.29, 0.717) is 6.42 Å². The minimum Gasteiger partial charge on any atom is -0.480 e. The topological polar surface area (TPSA) is 69.6 Å². The molecule has 66 valence electrons. The number of rotatable bonds is 5. The number of aliphatic hydroxyl groups is 1. The predicted molar refractivity (Wildman–Crippen MR) is 41.4 cm³/mol. The maximum atomic E-state index is 10.4. The summed E-state index contributed by atoms with van der Waals surface area (Å²) in [6, 6.07) is -0.701. The smallest absolute Gasteiger partial charge is 0.320 e. The SMILES string of the molecule is CCC(N[C@H](C)CO)C(=O)O. The number of hydrogen-bond donors (Lipinski definition) is 3. The lowest BCUT2D eigenvalue weighted by atomic mass is 10.2. The summed E-state index contributed by atoms with van der Waals surface area (Å²) in [4.78, 5) is 10.4. The molecule has 0 aliphatic heterocycles. The fourth-order valence-corrected chi connectivity index (χ4v) is 0.760. The van der Waals surface area contributed by atoms with Crippen LogP contribution in [0, 0.1) is 0 Å². The first-order valence-electron chi connectivity index (χ1n) is 3.71. The van der Waals surface area contributed by atoms with Gasteiger partial charge in [0.1, 0.15) is 6.04 Å². The lowest BCUT2D eigenvalue weighted by Crippen LogP contribution is -2.43. The molecular formula is C7H15NO3. The Bertz CT molecular complexity index is 127. The summed E-state index contributed by atoms with van der Waals surface area (Å²) < 4.78 is 0. The van der Waals surface area contributed by atoms with E-state index in [2.05, 4.69) is 5.32 Å². The Kier molecular flexibility index (Phi) is 4.81. The summed E-state index contributed by atoms with van der Waals surface area (Å²) in [5, 5.41) is 19.9. The molecule has 1 unspecified atom stereocenters. The van der Waals surface area contributed by atoms with Gasteiger partial charge in [0, 0.05) is 6.04 Å². The third kappa shape index (κ3) is 3.95. The van der Waals surface area contributed by atoms with Gasteiger partial charge < -0.3 is 10.2 Å². The highest BCUT2D eigenvalue weighted by atomic mass is 16.4. The van der Waals surface area contributed by atoms with Crippen LogP contribution in [-0.4, -0.2) is 34.9 Å². The molecule has 2 atom stereocenters. The van der Waals surface area contributed by atoms with E-state index < -0.39 is 12.0 Å². The van der Waals surface area contributed by atoms with Crippen molar-refractivity contribution >= 4 is 5.97 Å². The molecule has 3 N–H and O–H groups in total. The van der Waals surface area contributed by atoms with Gasteiger partial charge in [-0.1, -0.05) is 6.92 Å². The van der Waals surface area contributed by atoms with Gasteiger partial charge in [-0.15, -0.1) is 0 Å². The predicted octanol–water partition coefficient (Wildman–Crippen LogP) is -0.180. The highest BCUT2D eigenvalue weighted by Gasteiger charge is 2.15. The monoisotopic (exact) mass is 161 g/mol. The molecule has 0 aromatic carbocycles. The van der Waals surface area contributed by atoms with Crippen LogP contribution in [0.5, 0.6) is 0 Å². The molecule has 0 amide bonds. The lowest BCUT2D eigenvalue weighted by molar-refractivity contribution is -0.139. The molecule has 0 saturated carbocycles. The first-order chi connectivity index (χ1) is 5.11. The second kappa shape index (κ2) is 5.09. The third-order valence-corrected chi connectivity index (χ3v) is 1.47. The molecule has 0 aromatic heterocycles. The Morgan fingerprint density at radius 2 is 2.18 bits per heavy atom. The van der Waals surface area contributed by atoms with Crippen molar-refractivity contribution in [1.82, 2.24) is 5.32 Å². The van der Waals surface area contributed by atoms with Crippen molar-refractivity contribution in [3.63, 3.8) is 0 Å². The first kappa shape index (κ1) is 10.4. The fraction of sp³-hybridized carbons (Fsp3) is 0.857. The number of carboxylic acid groups (broad SMARTS) is 1. The van der Waals surface area contributed by atoms with Crippen molar-refractivity contribution in [2.45, 2.75) is 32.4 Å². The standard InChI is InChI=1S/C7H15NO3/c1-3-6(7(10)11)8-5(2)4-9/h5-6,8-9H,3-4H2,1-2H3,(H,10,11)/t5-,6?/m1/s1. The Morgan fingerprint density at radius 3 is 2.45 bits per heavy atom. The van der Waals surface area contributed by atoms with Gasteiger partial charge in [0.25, 0.3) is 0 Å². The number of carboxylic acids is 1. The van der Waals surface area contributed by atoms with Crippen LogP contribution < -0.4 is 5.32 Å². The van der Waals surface area contributed by atoms with Crippen molar-refractivity contribution in [1.29, 1.82) is 0 Å². The number of aliphatic hydroxyl groups excluding tert-OH is 1. The highest BCUT2D eigenvalue weighted by molar-refractivity contribution is 5.73. The van der Waals surface area contributed by atoms with Crippen LogP contribution in [0.15, 0.2) is 0 Å². The zero-order chi connectivity index (χ0) is 8.85. The second-order valence-electron chi connectivity index (χ2n) is 2.55. The van der Waals surface area contributed by atoms with E-state index in [1.54, 1.807) is 13.8 Å². The Morgan fingerprint density at radius 1 is 1.64 bits per heavy atom. The third-order valence-electron chi connectivity index (χ3n) is 1.47. The van der Waals surface area contributed by atoms with Crippen molar-refractivity contribution < 1.29 is 15.0 Å². The van der Waals surface area contributed by atoms with E-state index in [-0.39, 0.29) is 12.6 Å². The number of hydrogen-bond acceptors (Lipinski definition) is 3. The summed E-state index contributed by atoms with van der Waals surface area (Å²) in [6.07, 6.45) is 0.527. The molecule has 0 aliphatic rings. The minimum absolute atomic E-state index is 0.0379. The van der Waals surface area contributed by atoms with Crippen LogP contribution in [0.3, 0.4) is 0 Å². The number of aliphatic carboxylic acids is 1. The van der Waals surface area contributed by atoms with Crippen LogP contribution in [0.25, 0.3) is 0 Å². The molecule has 0 fully saturated rings. The van der Waals surface area contributed by atoms with Crippen LogP contribution in [-0.2, 0) is 4.79 Å². The molecular weight excluding hydrogens is 146 g/mol. The molecule has 4 nitrogen and oxygen atoms in total. The van der Waals surface area contributed by atoms with E-state index >= 15 is 0 Å². The average molecular weight is 161 g/mol. The fourth-order valence-electron chi connectivity index (χ4n) is 0.760. The van der Waals surface area contributed by atoms with Crippen LogP contribution in [0.4, 0.5) is 0 Å². The minimum atomic E-state index is -0.868. The summed E-state index contributed by atoms with van der Waals surface area (Å²) in [7, 11) is 0. The van der Waals surface area contributed by atoms with E-state index in [0.717, 1.165) is 0 Å². The average Bonchev–Trinajstić information content (AvgIpc) is 1.99. The van der Waals surface area contributed by atoms with Gasteiger partial charge in [-0.2, -0.15) is 0 Å².